The maximum absolute atomic E-state index is 9.87. The smallest absolute Gasteiger partial charge is 0.119 e. The van der Waals surface area contributed by atoms with Crippen LogP contribution in [0.25, 0.3) is 0 Å². The zero-order chi connectivity index (χ0) is 16.7. The first-order chi connectivity index (χ1) is 11.0. The molecule has 0 aliphatic rings. The number of ether oxygens (including phenoxy) is 1. The number of halogens is 2. The molecule has 3 N–H and O–H groups in total. The highest BCUT2D eigenvalue weighted by Gasteiger charge is 2.05. The number of benzene rings is 2. The Morgan fingerprint density at radius 2 is 1.78 bits per heavy atom. The minimum Gasteiger partial charge on any atom is -0.508 e. The van der Waals surface area contributed by atoms with E-state index in [1.807, 2.05) is 12.1 Å². The summed E-state index contributed by atoms with van der Waals surface area (Å²) in [5.74, 6) is 0.791. The van der Waals surface area contributed by atoms with Crippen molar-refractivity contribution in [2.24, 2.45) is 0 Å². The predicted octanol–water partition coefficient (Wildman–Crippen LogP) is 3.27. The zero-order valence-corrected chi connectivity index (χ0v) is 14.0. The van der Waals surface area contributed by atoms with Crippen molar-refractivity contribution in [2.45, 2.75) is 12.5 Å². The molecule has 0 saturated heterocycles. The van der Waals surface area contributed by atoms with Crippen LogP contribution < -0.4 is 10.1 Å². The van der Waals surface area contributed by atoms with Crippen LogP contribution in [-0.4, -0.2) is 36.0 Å². The van der Waals surface area contributed by atoms with Gasteiger partial charge in [0, 0.05) is 6.54 Å². The lowest BCUT2D eigenvalue weighted by Gasteiger charge is -2.13. The van der Waals surface area contributed by atoms with Crippen LogP contribution in [-0.2, 0) is 6.42 Å². The van der Waals surface area contributed by atoms with Gasteiger partial charge >= 0.3 is 0 Å². The summed E-state index contributed by atoms with van der Waals surface area (Å²) in [6.45, 7) is 1.33. The van der Waals surface area contributed by atoms with E-state index in [1.54, 1.807) is 18.2 Å². The monoisotopic (exact) mass is 355 g/mol. The fourth-order valence-corrected chi connectivity index (χ4v) is 2.31. The van der Waals surface area contributed by atoms with Crippen LogP contribution in [0.15, 0.2) is 42.5 Å². The van der Waals surface area contributed by atoms with E-state index in [-0.39, 0.29) is 12.4 Å². The summed E-state index contributed by atoms with van der Waals surface area (Å²) in [4.78, 5) is 0. The summed E-state index contributed by atoms with van der Waals surface area (Å²) in [7, 11) is 0. The molecule has 0 bridgehead atoms. The molecule has 6 heteroatoms. The second-order valence-electron chi connectivity index (χ2n) is 5.16. The highest BCUT2D eigenvalue weighted by molar-refractivity contribution is 6.42. The Kier molecular flexibility index (Phi) is 6.99. The van der Waals surface area contributed by atoms with Gasteiger partial charge in [-0.3, -0.25) is 0 Å². The van der Waals surface area contributed by atoms with Crippen molar-refractivity contribution in [3.8, 4) is 11.5 Å². The quantitative estimate of drug-likeness (QED) is 0.636. The third-order valence-electron chi connectivity index (χ3n) is 3.23. The molecule has 0 aliphatic heterocycles. The van der Waals surface area contributed by atoms with E-state index in [4.69, 9.17) is 27.9 Å². The van der Waals surface area contributed by atoms with Crippen molar-refractivity contribution in [2.75, 3.05) is 19.7 Å². The van der Waals surface area contributed by atoms with E-state index in [9.17, 15) is 10.2 Å². The summed E-state index contributed by atoms with van der Waals surface area (Å²) in [6, 6.07) is 11.9. The van der Waals surface area contributed by atoms with Crippen molar-refractivity contribution in [1.82, 2.24) is 5.32 Å². The minimum absolute atomic E-state index is 0.182. The lowest BCUT2D eigenvalue weighted by Crippen LogP contribution is -2.32. The van der Waals surface area contributed by atoms with Gasteiger partial charge in [0.1, 0.15) is 24.2 Å². The van der Waals surface area contributed by atoms with Crippen LogP contribution in [0.2, 0.25) is 10.0 Å². The SMILES string of the molecule is Oc1ccc(OC[C@H](O)CNCCc2ccc(Cl)c(Cl)c2)cc1. The Labute approximate surface area is 145 Å². The number of rotatable bonds is 8. The van der Waals surface area contributed by atoms with E-state index in [0.717, 1.165) is 12.0 Å². The molecule has 124 valence electrons. The van der Waals surface area contributed by atoms with Gasteiger partial charge in [-0.25, -0.2) is 0 Å². The average Bonchev–Trinajstić information content (AvgIpc) is 2.54. The van der Waals surface area contributed by atoms with Crippen molar-refractivity contribution < 1.29 is 14.9 Å². The van der Waals surface area contributed by atoms with Crippen molar-refractivity contribution >= 4 is 23.2 Å². The molecule has 23 heavy (non-hydrogen) atoms. The maximum Gasteiger partial charge on any atom is 0.119 e. The standard InChI is InChI=1S/C17H19Cl2NO3/c18-16-6-1-12(9-17(16)19)7-8-20-10-14(22)11-23-15-4-2-13(21)3-5-15/h1-6,9,14,20-22H,7-8,10-11H2/t14-/m1/s1. The van der Waals surface area contributed by atoms with Crippen molar-refractivity contribution in [1.29, 1.82) is 0 Å². The number of phenolic OH excluding ortho intramolecular Hbond substituents is 1. The molecule has 2 aromatic carbocycles. The number of aliphatic hydroxyl groups excluding tert-OH is 1. The van der Waals surface area contributed by atoms with E-state index in [1.165, 1.54) is 12.1 Å². The summed E-state index contributed by atoms with van der Waals surface area (Å²) < 4.78 is 5.43. The lowest BCUT2D eigenvalue weighted by molar-refractivity contribution is 0.106. The Morgan fingerprint density at radius 3 is 2.48 bits per heavy atom. The fraction of sp³-hybridized carbons (Fsp3) is 0.294. The first kappa shape index (κ1) is 17.9. The molecule has 0 fully saturated rings. The highest BCUT2D eigenvalue weighted by atomic mass is 35.5. The van der Waals surface area contributed by atoms with Crippen LogP contribution in [0.4, 0.5) is 0 Å². The first-order valence-electron chi connectivity index (χ1n) is 7.29. The molecule has 0 spiro atoms. The molecule has 1 atom stereocenters. The summed E-state index contributed by atoms with van der Waals surface area (Å²) in [5.41, 5.74) is 1.08. The molecule has 0 unspecified atom stereocenters. The Balaban J connectivity index is 1.63. The van der Waals surface area contributed by atoms with Gasteiger partial charge in [-0.15, -0.1) is 0 Å². The number of hydrogen-bond donors (Lipinski definition) is 3. The van der Waals surface area contributed by atoms with Gasteiger partial charge in [0.2, 0.25) is 0 Å². The number of nitrogens with one attached hydrogen (secondary N) is 1. The van der Waals surface area contributed by atoms with Crippen LogP contribution in [0.1, 0.15) is 5.56 Å². The maximum atomic E-state index is 9.87. The first-order valence-corrected chi connectivity index (χ1v) is 8.05. The zero-order valence-electron chi connectivity index (χ0n) is 12.5. The lowest BCUT2D eigenvalue weighted by atomic mass is 10.1. The van der Waals surface area contributed by atoms with Crippen molar-refractivity contribution in [3.05, 3.63) is 58.1 Å². The average molecular weight is 356 g/mol. The van der Waals surface area contributed by atoms with Crippen molar-refractivity contribution in [3.63, 3.8) is 0 Å². The van der Waals surface area contributed by atoms with E-state index in [0.29, 0.717) is 28.9 Å². The van der Waals surface area contributed by atoms with E-state index >= 15 is 0 Å². The molecular weight excluding hydrogens is 337 g/mol. The fourth-order valence-electron chi connectivity index (χ4n) is 1.99. The molecule has 2 aromatic rings. The molecule has 0 radical (unpaired) electrons. The number of phenols is 1. The summed E-state index contributed by atoms with van der Waals surface area (Å²) in [5, 5.41) is 23.3. The number of hydrogen-bond acceptors (Lipinski definition) is 4. The molecule has 4 nitrogen and oxygen atoms in total. The third kappa shape index (κ3) is 6.28. The van der Waals surface area contributed by atoms with E-state index < -0.39 is 6.10 Å². The molecule has 2 rings (SSSR count). The van der Waals surface area contributed by atoms with Gasteiger partial charge in [-0.2, -0.15) is 0 Å². The topological polar surface area (TPSA) is 61.7 Å². The third-order valence-corrected chi connectivity index (χ3v) is 3.97. The Hall–Kier alpha value is -1.46. The largest absolute Gasteiger partial charge is 0.508 e. The molecule has 0 saturated carbocycles. The van der Waals surface area contributed by atoms with Crippen LogP contribution in [0, 0.1) is 0 Å². The minimum atomic E-state index is -0.613. The Bertz CT molecular complexity index is 620. The summed E-state index contributed by atoms with van der Waals surface area (Å²) in [6.07, 6.45) is 0.181. The molecule has 0 aliphatic carbocycles. The van der Waals surface area contributed by atoms with Crippen LogP contribution in [0.3, 0.4) is 0 Å². The van der Waals surface area contributed by atoms with Gasteiger partial charge < -0.3 is 20.3 Å². The van der Waals surface area contributed by atoms with Gasteiger partial charge in [-0.1, -0.05) is 29.3 Å². The Morgan fingerprint density at radius 1 is 1.04 bits per heavy atom. The molecule has 0 heterocycles. The second kappa shape index (κ2) is 8.99. The van der Waals surface area contributed by atoms with Gasteiger partial charge in [0.15, 0.2) is 0 Å². The molecular formula is C17H19Cl2NO3. The van der Waals surface area contributed by atoms with Crippen LogP contribution in [0.5, 0.6) is 11.5 Å². The van der Waals surface area contributed by atoms with E-state index in [2.05, 4.69) is 5.32 Å². The number of aliphatic hydroxyl groups is 1. The van der Waals surface area contributed by atoms with Crippen LogP contribution >= 0.6 is 23.2 Å². The number of aromatic hydroxyl groups is 1. The van der Waals surface area contributed by atoms with Gasteiger partial charge in [0.05, 0.1) is 10.0 Å². The predicted molar refractivity (Wildman–Crippen MR) is 92.6 cm³/mol. The molecule has 0 amide bonds. The normalized spacial score (nSPS) is 12.1. The highest BCUT2D eigenvalue weighted by Crippen LogP contribution is 2.22. The summed E-state index contributed by atoms with van der Waals surface area (Å²) >= 11 is 11.8. The second-order valence-corrected chi connectivity index (χ2v) is 5.98. The van der Waals surface area contributed by atoms with Gasteiger partial charge in [-0.05, 0) is 54.9 Å². The van der Waals surface area contributed by atoms with Gasteiger partial charge in [0.25, 0.3) is 0 Å². The molecule has 0 aromatic heterocycles.